The number of benzene rings is 3. The van der Waals surface area contributed by atoms with Gasteiger partial charge in [-0.15, -0.1) is 0 Å². The summed E-state index contributed by atoms with van der Waals surface area (Å²) in [5.41, 5.74) is 2.50. The number of halogens is 1. The van der Waals surface area contributed by atoms with Gasteiger partial charge in [0.15, 0.2) is 4.80 Å². The van der Waals surface area contributed by atoms with Gasteiger partial charge in [0, 0.05) is 23.7 Å². The molecule has 1 aliphatic heterocycles. The van der Waals surface area contributed by atoms with Crippen LogP contribution in [0.15, 0.2) is 81.7 Å². The predicted molar refractivity (Wildman–Crippen MR) is 154 cm³/mol. The largest absolute Gasteiger partial charge is 0.496 e. The third-order valence-corrected chi connectivity index (χ3v) is 8.13. The fourth-order valence-electron chi connectivity index (χ4n) is 5.00. The Morgan fingerprint density at radius 3 is 2.50 bits per heavy atom. The highest BCUT2D eigenvalue weighted by molar-refractivity contribution is 7.07. The molecule has 0 saturated carbocycles. The zero-order valence-electron chi connectivity index (χ0n) is 21.7. The van der Waals surface area contributed by atoms with E-state index in [0.717, 1.165) is 21.9 Å². The van der Waals surface area contributed by atoms with Crippen molar-refractivity contribution in [3.63, 3.8) is 0 Å². The van der Waals surface area contributed by atoms with E-state index in [9.17, 15) is 9.59 Å². The highest BCUT2D eigenvalue weighted by atomic mass is 35.5. The second kappa shape index (κ2) is 10.6. The molecule has 0 unspecified atom stereocenters. The van der Waals surface area contributed by atoms with Crippen LogP contribution in [0.1, 0.15) is 37.9 Å². The first-order valence-corrected chi connectivity index (χ1v) is 13.7. The van der Waals surface area contributed by atoms with E-state index in [4.69, 9.17) is 21.3 Å². The van der Waals surface area contributed by atoms with Gasteiger partial charge in [-0.2, -0.15) is 0 Å². The number of carbonyl (C=O) groups is 1. The van der Waals surface area contributed by atoms with Crippen molar-refractivity contribution in [2.75, 3.05) is 20.2 Å². The van der Waals surface area contributed by atoms with Crippen molar-refractivity contribution in [2.45, 2.75) is 26.8 Å². The Labute approximate surface area is 229 Å². The molecule has 194 valence electrons. The molecule has 38 heavy (non-hydrogen) atoms. The molecule has 5 rings (SSSR count). The molecule has 4 aromatic rings. The van der Waals surface area contributed by atoms with Crippen molar-refractivity contribution < 1.29 is 9.53 Å². The van der Waals surface area contributed by atoms with E-state index >= 15 is 0 Å². The zero-order valence-corrected chi connectivity index (χ0v) is 23.3. The van der Waals surface area contributed by atoms with Gasteiger partial charge in [-0.1, -0.05) is 65.4 Å². The van der Waals surface area contributed by atoms with Gasteiger partial charge in [0.2, 0.25) is 0 Å². The molecule has 1 atom stereocenters. The molecule has 0 bridgehead atoms. The van der Waals surface area contributed by atoms with Gasteiger partial charge < -0.3 is 9.64 Å². The SMILES string of the molecule is CCN(CC)C(=O)C1=C(C)N=c2s/c(=C/c3ccc(Cl)cc3)c(=O)n2[C@@H]1c1c(OC)ccc2ccccc12. The van der Waals surface area contributed by atoms with Crippen LogP contribution in [0.25, 0.3) is 16.8 Å². The zero-order chi connectivity index (χ0) is 27.0. The lowest BCUT2D eigenvalue weighted by molar-refractivity contribution is -0.127. The van der Waals surface area contributed by atoms with E-state index in [0.29, 0.717) is 44.5 Å². The van der Waals surface area contributed by atoms with Crippen LogP contribution in [-0.4, -0.2) is 35.6 Å². The topological polar surface area (TPSA) is 63.9 Å². The van der Waals surface area contributed by atoms with Gasteiger partial charge in [-0.3, -0.25) is 14.2 Å². The number of carbonyl (C=O) groups excluding carboxylic acids is 1. The number of aromatic nitrogens is 1. The minimum Gasteiger partial charge on any atom is -0.496 e. The van der Waals surface area contributed by atoms with Crippen molar-refractivity contribution in [1.82, 2.24) is 9.47 Å². The fraction of sp³-hybridized carbons (Fsp3) is 0.233. The molecule has 0 fully saturated rings. The predicted octanol–water partition coefficient (Wildman–Crippen LogP) is 4.92. The lowest BCUT2D eigenvalue weighted by Crippen LogP contribution is -2.43. The van der Waals surface area contributed by atoms with E-state index in [1.54, 1.807) is 28.7 Å². The van der Waals surface area contributed by atoms with Crippen molar-refractivity contribution in [2.24, 2.45) is 4.99 Å². The Morgan fingerprint density at radius 2 is 1.82 bits per heavy atom. The van der Waals surface area contributed by atoms with Crippen LogP contribution < -0.4 is 19.6 Å². The number of likely N-dealkylation sites (N-methyl/N-ethyl adjacent to an activating group) is 1. The number of methoxy groups -OCH3 is 1. The number of hydrogen-bond acceptors (Lipinski definition) is 5. The maximum absolute atomic E-state index is 14.1. The summed E-state index contributed by atoms with van der Waals surface area (Å²) in [6.07, 6.45) is 1.84. The highest BCUT2D eigenvalue weighted by Crippen LogP contribution is 2.40. The fourth-order valence-corrected chi connectivity index (χ4v) is 6.17. The number of amides is 1. The first-order valence-electron chi connectivity index (χ1n) is 12.5. The summed E-state index contributed by atoms with van der Waals surface area (Å²) in [6, 6.07) is 18.5. The van der Waals surface area contributed by atoms with Crippen LogP contribution in [0, 0.1) is 0 Å². The normalized spacial score (nSPS) is 15.4. The van der Waals surface area contributed by atoms with Gasteiger partial charge in [0.1, 0.15) is 11.8 Å². The van der Waals surface area contributed by atoms with Crippen LogP contribution in [0.5, 0.6) is 5.75 Å². The van der Waals surface area contributed by atoms with E-state index < -0.39 is 6.04 Å². The smallest absolute Gasteiger partial charge is 0.271 e. The Hall–Kier alpha value is -3.68. The molecule has 1 amide bonds. The number of nitrogens with zero attached hydrogens (tertiary/aromatic N) is 3. The highest BCUT2D eigenvalue weighted by Gasteiger charge is 2.36. The standard InChI is InChI=1S/C30H28ClN3O3S/c1-5-33(6-2)29(36)25-18(3)32-30-34(28(35)24(38-30)17-19-11-14-21(31)15-12-19)27(25)26-22-10-8-7-9-20(22)13-16-23(26)37-4/h7-17,27H,5-6H2,1-4H3/b24-17+/t27-/m0/s1. The molecule has 0 spiro atoms. The Morgan fingerprint density at radius 1 is 1.11 bits per heavy atom. The molecular weight excluding hydrogens is 518 g/mol. The van der Waals surface area contributed by atoms with E-state index in [1.165, 1.54) is 11.3 Å². The Balaban J connectivity index is 1.85. The maximum atomic E-state index is 14.1. The van der Waals surface area contributed by atoms with E-state index in [2.05, 4.69) is 0 Å². The second-order valence-corrected chi connectivity index (χ2v) is 10.5. The molecule has 1 aromatic heterocycles. The van der Waals surface area contributed by atoms with E-state index in [1.807, 2.05) is 75.4 Å². The number of thiazole rings is 1. The van der Waals surface area contributed by atoms with Crippen LogP contribution in [0.4, 0.5) is 0 Å². The summed E-state index contributed by atoms with van der Waals surface area (Å²) in [5, 5.41) is 2.54. The van der Waals surface area contributed by atoms with Crippen LogP contribution >= 0.6 is 22.9 Å². The minimum absolute atomic E-state index is 0.136. The molecule has 0 aliphatic carbocycles. The molecule has 0 N–H and O–H groups in total. The third-order valence-electron chi connectivity index (χ3n) is 6.89. The Bertz CT molecular complexity index is 1750. The van der Waals surface area contributed by atoms with Gasteiger partial charge >= 0.3 is 0 Å². The van der Waals surface area contributed by atoms with Crippen LogP contribution in [0.3, 0.4) is 0 Å². The van der Waals surface area contributed by atoms with E-state index in [-0.39, 0.29) is 11.5 Å². The minimum atomic E-state index is -0.701. The molecule has 6 nitrogen and oxygen atoms in total. The average Bonchev–Trinajstić information content (AvgIpc) is 3.23. The summed E-state index contributed by atoms with van der Waals surface area (Å²) in [6.45, 7) is 6.84. The summed E-state index contributed by atoms with van der Waals surface area (Å²) in [7, 11) is 1.61. The summed E-state index contributed by atoms with van der Waals surface area (Å²) in [4.78, 5) is 35.1. The number of hydrogen-bond donors (Lipinski definition) is 0. The molecule has 8 heteroatoms. The molecule has 0 saturated heterocycles. The molecule has 0 radical (unpaired) electrons. The summed E-state index contributed by atoms with van der Waals surface area (Å²) in [5.74, 6) is 0.476. The molecular formula is C30H28ClN3O3S. The number of fused-ring (bicyclic) bond motifs is 2. The molecule has 1 aliphatic rings. The second-order valence-electron chi connectivity index (χ2n) is 9.01. The third kappa shape index (κ3) is 4.46. The van der Waals surface area contributed by atoms with Gasteiger partial charge in [0.25, 0.3) is 11.5 Å². The van der Waals surface area contributed by atoms with Crippen molar-refractivity contribution in [1.29, 1.82) is 0 Å². The van der Waals surface area contributed by atoms with Crippen molar-refractivity contribution in [3.8, 4) is 5.75 Å². The van der Waals surface area contributed by atoms with Crippen molar-refractivity contribution in [3.05, 3.63) is 108 Å². The number of rotatable bonds is 6. The summed E-state index contributed by atoms with van der Waals surface area (Å²) < 4.78 is 8.02. The summed E-state index contributed by atoms with van der Waals surface area (Å²) >= 11 is 7.37. The van der Waals surface area contributed by atoms with Gasteiger partial charge in [-0.05, 0) is 61.4 Å². The van der Waals surface area contributed by atoms with Crippen LogP contribution in [-0.2, 0) is 4.79 Å². The lowest BCUT2D eigenvalue weighted by Gasteiger charge is -2.30. The quantitative estimate of drug-likeness (QED) is 0.345. The van der Waals surface area contributed by atoms with Crippen LogP contribution in [0.2, 0.25) is 5.02 Å². The number of allylic oxidation sites excluding steroid dienone is 1. The molecule has 3 aromatic carbocycles. The lowest BCUT2D eigenvalue weighted by atomic mass is 9.90. The Kier molecular flexibility index (Phi) is 7.23. The molecule has 2 heterocycles. The van der Waals surface area contributed by atoms with Gasteiger partial charge in [-0.25, -0.2) is 4.99 Å². The number of ether oxygens (including phenoxy) is 1. The van der Waals surface area contributed by atoms with Crippen molar-refractivity contribution >= 4 is 45.7 Å². The first kappa shape index (κ1) is 25.9. The monoisotopic (exact) mass is 545 g/mol. The average molecular weight is 546 g/mol. The van der Waals surface area contributed by atoms with Gasteiger partial charge in [0.05, 0.1) is 22.9 Å². The maximum Gasteiger partial charge on any atom is 0.271 e. The first-order chi connectivity index (χ1) is 18.4.